The number of hydrogen-bond donors (Lipinski definition) is 0. The summed E-state index contributed by atoms with van der Waals surface area (Å²) in [6.45, 7) is 11.2. The number of aryl methyl sites for hydroxylation is 2. The first-order valence-corrected chi connectivity index (χ1v) is 12.3. The molecule has 2 amide bonds. The maximum atomic E-state index is 13.4. The van der Waals surface area contributed by atoms with Crippen molar-refractivity contribution in [2.45, 2.75) is 52.5 Å². The fourth-order valence-corrected chi connectivity index (χ4v) is 5.68. The van der Waals surface area contributed by atoms with Crippen LogP contribution in [0.1, 0.15) is 66.7 Å². The van der Waals surface area contributed by atoms with Crippen LogP contribution in [0.3, 0.4) is 0 Å². The van der Waals surface area contributed by atoms with E-state index < -0.39 is 0 Å². The monoisotopic (exact) mass is 461 g/mol. The normalized spacial score (nSPS) is 18.3. The van der Waals surface area contributed by atoms with Gasteiger partial charge in [0.05, 0.1) is 11.2 Å². The topological polar surface area (TPSA) is 63.4 Å². The molecule has 3 aromatic rings. The van der Waals surface area contributed by atoms with Gasteiger partial charge in [0.1, 0.15) is 11.4 Å². The molecule has 0 N–H and O–H groups in total. The highest BCUT2D eigenvalue weighted by Gasteiger charge is 2.44. The summed E-state index contributed by atoms with van der Waals surface area (Å²) in [6, 6.07) is 12.0. The van der Waals surface area contributed by atoms with Crippen molar-refractivity contribution in [3.63, 3.8) is 0 Å². The van der Waals surface area contributed by atoms with Crippen molar-refractivity contribution in [2.75, 3.05) is 26.2 Å². The highest BCUT2D eigenvalue weighted by atomic mass is 16.2. The Morgan fingerprint density at radius 1 is 0.912 bits per heavy atom. The van der Waals surface area contributed by atoms with Crippen molar-refractivity contribution in [2.24, 2.45) is 12.5 Å². The number of fused-ring (bicyclic) bond motifs is 1. The second-order valence-electron chi connectivity index (χ2n) is 11.2. The fourth-order valence-electron chi connectivity index (χ4n) is 5.68. The second-order valence-corrected chi connectivity index (χ2v) is 11.2. The lowest BCUT2D eigenvalue weighted by atomic mass is 9.77. The SMILES string of the molecule is Cc1cc(C(=O)N2CCC3(CCN(C(=O)c4cc5ccccc5n4C)CC3)C2)n(C(C)(C)C)n1. The molecule has 0 bridgehead atoms. The average Bonchev–Trinajstić information content (AvgIpc) is 3.49. The first kappa shape index (κ1) is 22.7. The van der Waals surface area contributed by atoms with Crippen molar-refractivity contribution in [1.82, 2.24) is 24.1 Å². The summed E-state index contributed by atoms with van der Waals surface area (Å²) in [7, 11) is 1.96. The summed E-state index contributed by atoms with van der Waals surface area (Å²) in [4.78, 5) is 30.7. The molecule has 7 heteroatoms. The summed E-state index contributed by atoms with van der Waals surface area (Å²) in [5, 5.41) is 5.68. The zero-order valence-electron chi connectivity index (χ0n) is 21.0. The molecular weight excluding hydrogens is 426 g/mol. The van der Waals surface area contributed by atoms with Gasteiger partial charge in [-0.1, -0.05) is 18.2 Å². The molecule has 2 aliphatic rings. The summed E-state index contributed by atoms with van der Waals surface area (Å²) >= 11 is 0. The van der Waals surface area contributed by atoms with E-state index in [2.05, 4.69) is 38.0 Å². The molecule has 34 heavy (non-hydrogen) atoms. The lowest BCUT2D eigenvalue weighted by Gasteiger charge is -2.39. The van der Waals surface area contributed by atoms with Gasteiger partial charge in [-0.3, -0.25) is 14.3 Å². The number of piperidine rings is 1. The van der Waals surface area contributed by atoms with Gasteiger partial charge in [0.15, 0.2) is 0 Å². The molecule has 1 aromatic carbocycles. The molecule has 0 atom stereocenters. The van der Waals surface area contributed by atoms with E-state index in [0.29, 0.717) is 5.69 Å². The lowest BCUT2D eigenvalue weighted by molar-refractivity contribution is 0.0555. The number of aromatic nitrogens is 3. The van der Waals surface area contributed by atoms with Crippen LogP contribution in [-0.4, -0.2) is 62.1 Å². The van der Waals surface area contributed by atoms with Gasteiger partial charge >= 0.3 is 0 Å². The van der Waals surface area contributed by atoms with Crippen LogP contribution in [0.4, 0.5) is 0 Å². The number of benzene rings is 1. The van der Waals surface area contributed by atoms with Crippen LogP contribution in [0.2, 0.25) is 0 Å². The Morgan fingerprint density at radius 3 is 2.18 bits per heavy atom. The van der Waals surface area contributed by atoms with Crippen LogP contribution in [0.15, 0.2) is 36.4 Å². The van der Waals surface area contributed by atoms with Crippen LogP contribution in [0.5, 0.6) is 0 Å². The summed E-state index contributed by atoms with van der Waals surface area (Å²) in [5.74, 6) is 0.172. The minimum absolute atomic E-state index is 0.0707. The molecule has 2 fully saturated rings. The van der Waals surface area contributed by atoms with Crippen molar-refractivity contribution < 1.29 is 9.59 Å². The second kappa shape index (κ2) is 8.00. The van der Waals surface area contributed by atoms with Crippen molar-refractivity contribution in [3.05, 3.63) is 53.5 Å². The number of hydrogen-bond acceptors (Lipinski definition) is 3. The standard InChI is InChI=1S/C27H35N5O2/c1-19-16-23(32(28-19)26(2,3)4)25(34)31-15-12-27(18-31)10-13-30(14-11-27)24(33)22-17-20-8-6-7-9-21(20)29(22)5/h6-9,16-17H,10-15,18H2,1-5H3. The fraction of sp³-hybridized carbons (Fsp3) is 0.519. The van der Waals surface area contributed by atoms with Crippen LogP contribution in [0, 0.1) is 12.3 Å². The van der Waals surface area contributed by atoms with Gasteiger partial charge in [0.2, 0.25) is 0 Å². The van der Waals surface area contributed by atoms with E-state index >= 15 is 0 Å². The number of rotatable bonds is 2. The number of nitrogens with zero attached hydrogens (tertiary/aromatic N) is 5. The molecule has 0 unspecified atom stereocenters. The van der Waals surface area contributed by atoms with E-state index in [4.69, 9.17) is 0 Å². The maximum Gasteiger partial charge on any atom is 0.272 e. The van der Waals surface area contributed by atoms with Gasteiger partial charge in [-0.2, -0.15) is 5.10 Å². The van der Waals surface area contributed by atoms with Crippen molar-refractivity contribution in [1.29, 1.82) is 0 Å². The molecule has 7 nitrogen and oxygen atoms in total. The van der Waals surface area contributed by atoms with E-state index in [1.54, 1.807) is 0 Å². The van der Waals surface area contributed by atoms with E-state index in [0.717, 1.165) is 67.7 Å². The minimum atomic E-state index is -0.246. The molecule has 2 aromatic heterocycles. The Morgan fingerprint density at radius 2 is 1.53 bits per heavy atom. The van der Waals surface area contributed by atoms with Crippen LogP contribution in [0.25, 0.3) is 10.9 Å². The number of amides is 2. The van der Waals surface area contributed by atoms with Crippen LogP contribution >= 0.6 is 0 Å². The predicted octanol–water partition coefficient (Wildman–Crippen LogP) is 4.21. The van der Waals surface area contributed by atoms with Gasteiger partial charge in [0.25, 0.3) is 11.8 Å². The Hall–Kier alpha value is -3.09. The highest BCUT2D eigenvalue weighted by Crippen LogP contribution is 2.41. The summed E-state index contributed by atoms with van der Waals surface area (Å²) in [6.07, 6.45) is 2.87. The Kier molecular flexibility index (Phi) is 5.34. The highest BCUT2D eigenvalue weighted by molar-refractivity contribution is 5.98. The molecule has 2 saturated heterocycles. The molecule has 0 aliphatic carbocycles. The summed E-state index contributed by atoms with van der Waals surface area (Å²) < 4.78 is 3.86. The van der Waals surface area contributed by atoms with E-state index in [1.807, 2.05) is 57.3 Å². The smallest absolute Gasteiger partial charge is 0.272 e. The largest absolute Gasteiger partial charge is 0.340 e. The van der Waals surface area contributed by atoms with E-state index in [9.17, 15) is 9.59 Å². The van der Waals surface area contributed by atoms with Gasteiger partial charge in [0, 0.05) is 44.1 Å². The van der Waals surface area contributed by atoms with Gasteiger partial charge in [-0.15, -0.1) is 0 Å². The van der Waals surface area contributed by atoms with Crippen molar-refractivity contribution >= 4 is 22.7 Å². The number of para-hydroxylation sites is 1. The lowest BCUT2D eigenvalue weighted by Crippen LogP contribution is -2.45. The number of carbonyl (C=O) groups is 2. The molecule has 180 valence electrons. The Labute approximate surface area is 201 Å². The molecule has 0 saturated carbocycles. The average molecular weight is 462 g/mol. The zero-order valence-corrected chi connectivity index (χ0v) is 21.0. The van der Waals surface area contributed by atoms with Crippen LogP contribution < -0.4 is 0 Å². The van der Waals surface area contributed by atoms with Crippen LogP contribution in [-0.2, 0) is 12.6 Å². The Bertz CT molecular complexity index is 1250. The number of likely N-dealkylation sites (tertiary alicyclic amines) is 2. The third kappa shape index (κ3) is 3.81. The Balaban J connectivity index is 1.27. The predicted molar refractivity (Wildman–Crippen MR) is 133 cm³/mol. The molecule has 5 rings (SSSR count). The molecule has 1 spiro atoms. The molecule has 2 aliphatic heterocycles. The quantitative estimate of drug-likeness (QED) is 0.574. The first-order valence-electron chi connectivity index (χ1n) is 12.3. The zero-order chi connectivity index (χ0) is 24.3. The van der Waals surface area contributed by atoms with Gasteiger partial charge < -0.3 is 14.4 Å². The van der Waals surface area contributed by atoms with Gasteiger partial charge in [-0.05, 0) is 70.6 Å². The molecule has 4 heterocycles. The minimum Gasteiger partial charge on any atom is -0.340 e. The first-order chi connectivity index (χ1) is 16.1. The molecule has 0 radical (unpaired) electrons. The van der Waals surface area contributed by atoms with E-state index in [-0.39, 0.29) is 22.8 Å². The van der Waals surface area contributed by atoms with Gasteiger partial charge in [-0.25, -0.2) is 0 Å². The third-order valence-electron chi connectivity index (χ3n) is 7.69. The number of carbonyl (C=O) groups excluding carboxylic acids is 2. The van der Waals surface area contributed by atoms with Crippen molar-refractivity contribution in [3.8, 4) is 0 Å². The summed E-state index contributed by atoms with van der Waals surface area (Å²) in [5.41, 5.74) is 3.22. The maximum absolute atomic E-state index is 13.4. The molecular formula is C27H35N5O2. The van der Waals surface area contributed by atoms with E-state index in [1.165, 1.54) is 0 Å². The third-order valence-corrected chi connectivity index (χ3v) is 7.69.